The van der Waals surface area contributed by atoms with Crippen molar-refractivity contribution in [2.75, 3.05) is 0 Å². The topological polar surface area (TPSA) is 52.4 Å². The van der Waals surface area contributed by atoms with E-state index in [1.807, 2.05) is 0 Å². The average Bonchev–Trinajstić information content (AvgIpc) is 1.76. The molecule has 1 aliphatic heterocycles. The van der Waals surface area contributed by atoms with Gasteiger partial charge in [-0.1, -0.05) is 0 Å². The highest BCUT2D eigenvalue weighted by Gasteiger charge is 1.89. The van der Waals surface area contributed by atoms with Crippen LogP contribution in [0.4, 0.5) is 0 Å². The summed E-state index contributed by atoms with van der Waals surface area (Å²) < 4.78 is 0. The van der Waals surface area contributed by atoms with Crippen molar-refractivity contribution in [2.24, 2.45) is 10.6 Å². The van der Waals surface area contributed by atoms with E-state index in [1.165, 1.54) is 0 Å². The van der Waals surface area contributed by atoms with Gasteiger partial charge >= 0.3 is 0 Å². The van der Waals surface area contributed by atoms with E-state index in [-0.39, 0.29) is 0 Å². The molecule has 1 aliphatic rings. The molecule has 0 atom stereocenters. The van der Waals surface area contributed by atoms with E-state index in [1.54, 1.807) is 0 Å². The third-order valence-electron chi connectivity index (χ3n) is 0.161. The summed E-state index contributed by atoms with van der Waals surface area (Å²) in [5.41, 5.74) is 0. The van der Waals surface area contributed by atoms with E-state index in [2.05, 4.69) is 25.6 Å². The normalized spacial score (nSPS) is 17.6. The molecule has 5 heteroatoms. The Morgan fingerprint density at radius 1 is 1.00 bits per heavy atom. The van der Waals surface area contributed by atoms with Crippen LogP contribution in [0, 0.1) is 0 Å². The molecule has 0 radical (unpaired) electrons. The Morgan fingerprint density at radius 3 is 1.80 bits per heavy atom. The third kappa shape index (κ3) is 0.246. The SMILES string of the molecule is N1=NOOO1. The van der Waals surface area contributed by atoms with Gasteiger partial charge in [0.05, 0.1) is 5.04 Å². The molecule has 0 fully saturated rings. The first-order valence-electron chi connectivity index (χ1n) is 0.898. The Kier molecular flexibility index (Phi) is 0.409. The lowest BCUT2D eigenvalue weighted by atomic mass is 13.0. The van der Waals surface area contributed by atoms with Gasteiger partial charge in [-0.05, 0) is 0 Å². The maximum absolute atomic E-state index is 3.68. The molecule has 0 spiro atoms. The van der Waals surface area contributed by atoms with Gasteiger partial charge in [0.25, 0.3) is 0 Å². The molecule has 5 heavy (non-hydrogen) atoms. The van der Waals surface area contributed by atoms with E-state index in [0.29, 0.717) is 0 Å². The van der Waals surface area contributed by atoms with Gasteiger partial charge in [-0.25, -0.2) is 0 Å². The summed E-state index contributed by atoms with van der Waals surface area (Å²) in [6.45, 7) is 0. The highest BCUT2D eigenvalue weighted by Crippen LogP contribution is 1.92. The summed E-state index contributed by atoms with van der Waals surface area (Å²) in [5.74, 6) is 0. The summed E-state index contributed by atoms with van der Waals surface area (Å²) in [6, 6.07) is 0. The van der Waals surface area contributed by atoms with Crippen molar-refractivity contribution in [1.82, 2.24) is 0 Å². The van der Waals surface area contributed by atoms with Crippen LogP contribution in [0.2, 0.25) is 0 Å². The Hall–Kier alpha value is -0.840. The number of hydrogen-bond donors (Lipinski definition) is 0. The second-order valence-electron chi connectivity index (χ2n) is 0.380. The van der Waals surface area contributed by atoms with Crippen molar-refractivity contribution >= 4 is 0 Å². The highest BCUT2D eigenvalue weighted by molar-refractivity contribution is 3.68. The maximum atomic E-state index is 3.68. The summed E-state index contributed by atoms with van der Waals surface area (Å²) in [6.07, 6.45) is 0. The Labute approximate surface area is 26.9 Å². The number of nitrogens with zero attached hydrogens (tertiary/aromatic N) is 2. The van der Waals surface area contributed by atoms with Crippen LogP contribution < -0.4 is 0 Å². The second-order valence-corrected chi connectivity index (χ2v) is 0.380. The van der Waals surface area contributed by atoms with Crippen LogP contribution in [0.3, 0.4) is 0 Å². The third-order valence-corrected chi connectivity index (χ3v) is 0.161. The first kappa shape index (κ1) is 2.40. The molecule has 1 heterocycles. The first-order valence-corrected chi connectivity index (χ1v) is 0.898. The Bertz CT molecular complexity index is 42.9. The van der Waals surface area contributed by atoms with Crippen molar-refractivity contribution in [3.8, 4) is 0 Å². The minimum absolute atomic E-state index is 2.76. The van der Waals surface area contributed by atoms with Gasteiger partial charge in [0.1, 0.15) is 10.6 Å². The van der Waals surface area contributed by atoms with Gasteiger partial charge in [0.15, 0.2) is 0 Å². The zero-order valence-corrected chi connectivity index (χ0v) is 2.12. The molecule has 0 bridgehead atoms. The van der Waals surface area contributed by atoms with Crippen molar-refractivity contribution in [1.29, 1.82) is 0 Å². The molecular weight excluding hydrogens is 76.0 g/mol. The van der Waals surface area contributed by atoms with Crippen molar-refractivity contribution in [3.63, 3.8) is 0 Å². The van der Waals surface area contributed by atoms with E-state index >= 15 is 0 Å². The van der Waals surface area contributed by atoms with Gasteiger partial charge in [-0.3, -0.25) is 0 Å². The predicted molar refractivity (Wildman–Crippen MR) is 8.11 cm³/mol. The van der Waals surface area contributed by atoms with Crippen molar-refractivity contribution < 1.29 is 15.0 Å². The van der Waals surface area contributed by atoms with Crippen molar-refractivity contribution in [2.45, 2.75) is 0 Å². The summed E-state index contributed by atoms with van der Waals surface area (Å²) in [7, 11) is 0. The molecule has 0 aromatic carbocycles. The second kappa shape index (κ2) is 0.852. The smallest absolute Gasteiger partial charge is 0.109 e. The predicted octanol–water partition coefficient (Wildman–Crippen LogP) is 0.162. The van der Waals surface area contributed by atoms with Crippen LogP contribution in [0.25, 0.3) is 0 Å². The average molecular weight is 76.0 g/mol. The summed E-state index contributed by atoms with van der Waals surface area (Å²) in [5, 5.41) is 9.14. The molecular formula is N2O3. The zero-order valence-electron chi connectivity index (χ0n) is 2.12. The summed E-state index contributed by atoms with van der Waals surface area (Å²) >= 11 is 0. The maximum Gasteiger partial charge on any atom is 0.109 e. The minimum atomic E-state index is 2.76. The van der Waals surface area contributed by atoms with Gasteiger partial charge in [-0.2, -0.15) is 9.98 Å². The molecule has 1 rings (SSSR count). The standard InChI is InChI=1S/N2O3/c1-2-4-5-3-1. The fourth-order valence-electron chi connectivity index (χ4n) is 0.0680. The van der Waals surface area contributed by atoms with E-state index in [9.17, 15) is 0 Å². The number of hydrogen-bond acceptors (Lipinski definition) is 5. The molecule has 0 saturated heterocycles. The van der Waals surface area contributed by atoms with Crippen LogP contribution in [-0.2, 0) is 15.0 Å². The lowest BCUT2D eigenvalue weighted by Gasteiger charge is -1.68. The quantitative estimate of drug-likeness (QED) is 0.386. The van der Waals surface area contributed by atoms with Crippen LogP contribution in [-0.4, -0.2) is 0 Å². The van der Waals surface area contributed by atoms with Gasteiger partial charge in [-0.15, -0.1) is 0 Å². The van der Waals surface area contributed by atoms with Gasteiger partial charge in [0.2, 0.25) is 0 Å². The molecule has 5 nitrogen and oxygen atoms in total. The zero-order chi connectivity index (χ0) is 3.54. The van der Waals surface area contributed by atoms with Crippen LogP contribution >= 0.6 is 0 Å². The lowest BCUT2D eigenvalue weighted by Crippen LogP contribution is -1.69. The Balaban J connectivity index is 2.32. The molecule has 0 saturated carbocycles. The summed E-state index contributed by atoms with van der Waals surface area (Å²) in [4.78, 5) is 7.36. The molecule has 28 valence electrons. The van der Waals surface area contributed by atoms with Crippen LogP contribution in [0.5, 0.6) is 0 Å². The van der Waals surface area contributed by atoms with Gasteiger partial charge < -0.3 is 0 Å². The van der Waals surface area contributed by atoms with E-state index in [4.69, 9.17) is 0 Å². The Morgan fingerprint density at radius 2 is 1.60 bits per heavy atom. The van der Waals surface area contributed by atoms with Crippen molar-refractivity contribution in [3.05, 3.63) is 0 Å². The van der Waals surface area contributed by atoms with Crippen LogP contribution in [0.15, 0.2) is 10.6 Å². The number of rotatable bonds is 0. The molecule has 0 unspecified atom stereocenters. The first-order chi connectivity index (χ1) is 2.50. The largest absolute Gasteiger partial charge is 0.154 e. The van der Waals surface area contributed by atoms with Gasteiger partial charge in [0, 0.05) is 0 Å². The molecule has 0 aromatic heterocycles. The molecule has 0 N–H and O–H groups in total. The van der Waals surface area contributed by atoms with E-state index in [0.717, 1.165) is 0 Å². The van der Waals surface area contributed by atoms with Crippen LogP contribution in [0.1, 0.15) is 0 Å². The van der Waals surface area contributed by atoms with E-state index < -0.39 is 0 Å². The lowest BCUT2D eigenvalue weighted by molar-refractivity contribution is -0.474. The minimum Gasteiger partial charge on any atom is -0.154 e. The molecule has 0 aromatic rings. The highest BCUT2D eigenvalue weighted by atomic mass is 17.6. The fraction of sp³-hybridized carbons (Fsp3) is 0. The monoisotopic (exact) mass is 76.0 g/mol. The molecule has 0 aliphatic carbocycles. The molecule has 0 amide bonds. The fourth-order valence-corrected chi connectivity index (χ4v) is 0.0680.